The number of benzene rings is 5. The maximum atomic E-state index is 13.2. The minimum absolute atomic E-state index is 0.0398. The second-order valence-corrected chi connectivity index (χ2v) is 38.0. The third kappa shape index (κ3) is 19.9. The molecule has 4 saturated carbocycles. The van der Waals surface area contributed by atoms with Crippen LogP contribution in [0.5, 0.6) is 5.75 Å². The van der Waals surface area contributed by atoms with Gasteiger partial charge in [0.25, 0.3) is 26.5 Å². The van der Waals surface area contributed by atoms with Crippen molar-refractivity contribution in [2.45, 2.75) is 97.9 Å². The van der Waals surface area contributed by atoms with Crippen molar-refractivity contribution in [2.24, 2.45) is 29.6 Å². The summed E-state index contributed by atoms with van der Waals surface area (Å²) in [5.41, 5.74) is 38.4. The molecule has 684 valence electrons. The number of aryl methyl sites for hydroxylation is 3. The zero-order valence-electron chi connectivity index (χ0n) is 74.3. The molecule has 0 spiro atoms. The number of carbonyl (C=O) groups is 4. The number of hydrogen-bond acceptors (Lipinski definition) is 25. The van der Waals surface area contributed by atoms with Crippen LogP contribution in [0.2, 0.25) is 0 Å². The Morgan fingerprint density at radius 1 is 0.467 bits per heavy atom. The minimum atomic E-state index is -3.44. The fourth-order valence-corrected chi connectivity index (χ4v) is 18.1. The van der Waals surface area contributed by atoms with E-state index in [0.29, 0.717) is 105 Å². The van der Waals surface area contributed by atoms with Crippen molar-refractivity contribution in [3.8, 4) is 56.8 Å². The Balaban J connectivity index is 0.000000126. The smallest absolute Gasteiger partial charge is 0.264 e. The first-order chi connectivity index (χ1) is 64.9. The fourth-order valence-electron chi connectivity index (χ4n) is 16.6. The number of nitrogens with zero attached hydrogens (tertiary/aromatic N) is 15. The SMILES string of the molecule is CCS(=O)(=O)n1cc([C@@H]2C[C@H]2C(=O)Nc2cc3cc(-c4ccccc4C)nc(N)c3cn2)cn1.CCS(=O)(=O)n1cc([C@H]2C[C@@H]2C(=O)Nc2cc3cc(-c4ccccc4C)nc(N)c3cn2)cn1.COc1ccc(Cn2cncc2[C@H]2C[C@@H]2C(=O)Nc2cc3cc(-c4ccccc4C)nc(N)c3cn2)cc1.Cc1c(-c2cc3cc(NC(=O)[C@H]4C[C@@H]4C#N)ncc3c(N)n2)cccc1C(F)F. The highest BCUT2D eigenvalue weighted by atomic mass is 32.2. The quantitative estimate of drug-likeness (QED) is 0.0295. The van der Waals surface area contributed by atoms with Crippen molar-refractivity contribution >= 4 is 133 Å². The van der Waals surface area contributed by atoms with Crippen LogP contribution in [-0.2, 0) is 45.8 Å². The molecule has 0 unspecified atom stereocenters. The van der Waals surface area contributed by atoms with Crippen molar-refractivity contribution in [1.82, 2.24) is 67.8 Å². The summed E-state index contributed by atoms with van der Waals surface area (Å²) in [5, 5.41) is 34.2. The van der Waals surface area contributed by atoms with Crippen LogP contribution < -0.4 is 48.9 Å². The van der Waals surface area contributed by atoms with Crippen molar-refractivity contribution in [3.05, 3.63) is 276 Å². The number of fused-ring (bicyclic) bond motifs is 4. The number of halogens is 2. The monoisotopic (exact) mass is 1850 g/mol. The van der Waals surface area contributed by atoms with Crippen molar-refractivity contribution in [3.63, 3.8) is 0 Å². The maximum Gasteiger partial charge on any atom is 0.264 e. The number of imidazole rings is 1. The van der Waals surface area contributed by atoms with Crippen LogP contribution in [0.4, 0.5) is 55.3 Å². The summed E-state index contributed by atoms with van der Waals surface area (Å²) in [5.74, 6) is 2.02. The summed E-state index contributed by atoms with van der Waals surface area (Å²) in [7, 11) is -5.22. The highest BCUT2D eigenvalue weighted by Gasteiger charge is 2.48. The van der Waals surface area contributed by atoms with Crippen LogP contribution in [0.15, 0.2) is 226 Å². The maximum absolute atomic E-state index is 13.2. The largest absolute Gasteiger partial charge is 0.497 e. The molecular weight excluding hydrogens is 1760 g/mol. The van der Waals surface area contributed by atoms with E-state index < -0.39 is 26.5 Å². The molecule has 11 aromatic heterocycles. The molecule has 0 aliphatic heterocycles. The van der Waals surface area contributed by atoms with Crippen LogP contribution in [0.3, 0.4) is 0 Å². The Morgan fingerprint density at radius 2 is 0.830 bits per heavy atom. The molecule has 4 amide bonds. The molecule has 11 heterocycles. The Hall–Kier alpha value is -15.9. The molecule has 8 atom stereocenters. The van der Waals surface area contributed by atoms with E-state index in [-0.39, 0.29) is 93.9 Å². The fraction of sp³-hybridized carbons (Fsp3) is 0.232. The zero-order chi connectivity index (χ0) is 95.0. The van der Waals surface area contributed by atoms with E-state index in [1.807, 2.05) is 155 Å². The predicted molar refractivity (Wildman–Crippen MR) is 514 cm³/mol. The van der Waals surface area contributed by atoms with Gasteiger partial charge in [-0.25, -0.2) is 70.5 Å². The third-order valence-corrected chi connectivity index (χ3v) is 27.8. The summed E-state index contributed by atoms with van der Waals surface area (Å²) < 4.78 is 83.7. The van der Waals surface area contributed by atoms with Crippen molar-refractivity contribution < 1.29 is 49.5 Å². The number of carbonyl (C=O) groups excluding carboxylic acids is 4. The molecule has 0 bridgehead atoms. The van der Waals surface area contributed by atoms with Gasteiger partial charge >= 0.3 is 0 Å². The molecule has 12 N–H and O–H groups in total. The summed E-state index contributed by atoms with van der Waals surface area (Å²) in [4.78, 5) is 90.6. The average Bonchev–Trinajstić information content (AvgIpc) is 1.62. The van der Waals surface area contributed by atoms with E-state index >= 15 is 0 Å². The van der Waals surface area contributed by atoms with Crippen LogP contribution in [0.25, 0.3) is 88.1 Å². The summed E-state index contributed by atoms with van der Waals surface area (Å²) in [6, 6.07) is 53.3. The normalized spacial score (nSPS) is 17.3. The van der Waals surface area contributed by atoms with E-state index in [2.05, 4.69) is 87.0 Å². The summed E-state index contributed by atoms with van der Waals surface area (Å²) in [6.07, 6.45) is 16.1. The lowest BCUT2D eigenvalue weighted by Gasteiger charge is -2.12. The molecule has 0 radical (unpaired) electrons. The van der Waals surface area contributed by atoms with E-state index in [0.717, 1.165) is 115 Å². The minimum Gasteiger partial charge on any atom is -0.497 e. The van der Waals surface area contributed by atoms with E-state index in [1.165, 1.54) is 37.1 Å². The van der Waals surface area contributed by atoms with Crippen LogP contribution in [0, 0.1) is 68.6 Å². The van der Waals surface area contributed by atoms with Crippen LogP contribution >= 0.6 is 0 Å². The first-order valence-corrected chi connectivity index (χ1v) is 46.8. The van der Waals surface area contributed by atoms with Gasteiger partial charge < -0.3 is 53.5 Å². The molecule has 36 heteroatoms. The Kier molecular flexibility index (Phi) is 25.5. The number of hydrogen-bond donors (Lipinski definition) is 8. The first kappa shape index (κ1) is 91.0. The number of nitriles is 1. The Morgan fingerprint density at radius 3 is 1.19 bits per heavy atom. The average molecular weight is 1850 g/mol. The number of alkyl halides is 2. The van der Waals surface area contributed by atoms with Crippen molar-refractivity contribution in [2.75, 3.05) is 62.8 Å². The molecule has 4 aliphatic rings. The molecule has 16 aromatic rings. The van der Waals surface area contributed by atoms with Gasteiger partial charge in [0.15, 0.2) is 0 Å². The number of nitrogens with one attached hydrogen (secondary N) is 4. The van der Waals surface area contributed by atoms with Crippen LogP contribution in [0.1, 0.15) is 114 Å². The molecule has 32 nitrogen and oxygen atoms in total. The number of ether oxygens (including phenoxy) is 1. The topological polar surface area (TPSA) is 478 Å². The number of pyridine rings is 8. The number of nitrogens with two attached hydrogens (primary N) is 4. The number of rotatable bonds is 23. The molecule has 0 saturated heterocycles. The second-order valence-electron chi connectivity index (χ2n) is 33.8. The van der Waals surface area contributed by atoms with Crippen molar-refractivity contribution in [1.29, 1.82) is 5.26 Å². The molecule has 135 heavy (non-hydrogen) atoms. The van der Waals surface area contributed by atoms with Gasteiger partial charge in [-0.15, -0.1) is 0 Å². The number of anilines is 8. The van der Waals surface area contributed by atoms with Gasteiger partial charge in [-0.3, -0.25) is 19.2 Å². The van der Waals surface area contributed by atoms with Gasteiger partial charge in [0.1, 0.15) is 52.3 Å². The van der Waals surface area contributed by atoms with E-state index in [4.69, 9.17) is 32.9 Å². The lowest BCUT2D eigenvalue weighted by Crippen LogP contribution is -2.16. The number of amides is 4. The highest BCUT2D eigenvalue weighted by Crippen LogP contribution is 2.51. The lowest BCUT2D eigenvalue weighted by atomic mass is 9.99. The van der Waals surface area contributed by atoms with Gasteiger partial charge in [0.05, 0.1) is 78.0 Å². The third-order valence-electron chi connectivity index (χ3n) is 24.8. The predicted octanol–water partition coefficient (Wildman–Crippen LogP) is 16.1. The van der Waals surface area contributed by atoms with Gasteiger partial charge in [-0.1, -0.05) is 103 Å². The van der Waals surface area contributed by atoms with Crippen LogP contribution in [-0.4, -0.2) is 127 Å². The molecular formula is C99H93F2N23O9S2. The molecule has 20 rings (SSSR count). The molecule has 4 fully saturated rings. The zero-order valence-corrected chi connectivity index (χ0v) is 75.9. The van der Waals surface area contributed by atoms with Gasteiger partial charge in [-0.2, -0.15) is 23.6 Å². The van der Waals surface area contributed by atoms with E-state index in [9.17, 15) is 44.8 Å². The Bertz CT molecular complexity index is 7430. The lowest BCUT2D eigenvalue weighted by molar-refractivity contribution is -0.118. The summed E-state index contributed by atoms with van der Waals surface area (Å²) in [6.45, 7) is 11.5. The molecule has 4 aliphatic carbocycles. The van der Waals surface area contributed by atoms with E-state index in [1.54, 1.807) is 82.9 Å². The van der Waals surface area contributed by atoms with Gasteiger partial charge in [0, 0.05) is 129 Å². The number of methoxy groups -OCH3 is 1. The van der Waals surface area contributed by atoms with Gasteiger partial charge in [-0.05, 0) is 200 Å². The first-order valence-electron chi connectivity index (χ1n) is 43.5. The Labute approximate surface area is 774 Å². The highest BCUT2D eigenvalue weighted by molar-refractivity contribution is 7.90. The molecule has 5 aromatic carbocycles. The summed E-state index contributed by atoms with van der Waals surface area (Å²) >= 11 is 0. The standard InChI is InChI=1S/C30H28N6O2.2C24H24N6O3S.C21H17F2N5O/c1-18-5-3-4-6-22(18)26-11-20-12-28(33-14-25(20)29(31)34-26)35-30(37)24-13-23(24)27-15-32-17-36(27)16-19-7-9-21(38-2)10-8-19;2*1-3-34(32,33)30-13-16(11-27-30)18-10-19(18)24(31)29-22-9-15-8-21(17-7-5-4-6-14(17)2)28-23(25)20(15)12-26-22;1-10-13(3-2-4-14(10)19(22)23)17-6-11-7-18(26-9-16(11)20(25)27-17)28-21(29)15-5-12(15)8-24/h3-12,14-15,17,23-24H,13,16H2,1-2H3,(H2,31,34)(H,33,35,37);2*4-9,11-13,18-19H,3,10H2,1-2H3,(H2,25,28)(H,26,29,31);2-4,6-7,9,12,15,19H,5H2,1H3,(H2,25,27)(H,26,28,29)/t23-,24-;2*18-,19+;12-,15+/m0101/s1. The number of nitrogen functional groups attached to an aromatic ring is 4. The number of aromatic nitrogens is 14. The second kappa shape index (κ2) is 37.8. The van der Waals surface area contributed by atoms with Gasteiger partial charge in [0.2, 0.25) is 23.6 Å².